The van der Waals surface area contributed by atoms with Gasteiger partial charge in [-0.2, -0.15) is 0 Å². The molecule has 0 spiro atoms. The molecule has 0 N–H and O–H groups in total. The molecule has 0 rings (SSSR count). The fourth-order valence-corrected chi connectivity index (χ4v) is 0.104. The molecule has 0 aromatic heterocycles. The first-order chi connectivity index (χ1) is 3.18. The molecule has 4 heteroatoms. The first kappa shape index (κ1) is 6.92. The Morgan fingerprint density at radius 2 is 2.00 bits per heavy atom. The fraction of sp³-hybridized carbons (Fsp3) is 0.333. The molecule has 0 aliphatic rings. The Balaban J connectivity index is 3.98. The SMILES string of the molecule is CC(N=O)=C(Cl)Cl. The van der Waals surface area contributed by atoms with Crippen LogP contribution < -0.4 is 0 Å². The van der Waals surface area contributed by atoms with Gasteiger partial charge < -0.3 is 0 Å². The van der Waals surface area contributed by atoms with Crippen molar-refractivity contribution in [2.75, 3.05) is 0 Å². The van der Waals surface area contributed by atoms with Gasteiger partial charge in [-0.05, 0) is 12.1 Å². The largest absolute Gasteiger partial charge is 0.145 e. The van der Waals surface area contributed by atoms with E-state index in [2.05, 4.69) is 5.18 Å². The maximum absolute atomic E-state index is 9.47. The molecule has 0 atom stereocenters. The minimum Gasteiger partial charge on any atom is -0.145 e. The molecule has 0 aromatic rings. The molecule has 0 aliphatic carbocycles. The zero-order valence-corrected chi connectivity index (χ0v) is 5.12. The summed E-state index contributed by atoms with van der Waals surface area (Å²) in [5.41, 5.74) is 0.114. The summed E-state index contributed by atoms with van der Waals surface area (Å²) < 4.78 is -0.0741. The van der Waals surface area contributed by atoms with Crippen molar-refractivity contribution in [3.8, 4) is 0 Å². The van der Waals surface area contributed by atoms with Gasteiger partial charge in [0.05, 0.1) is 0 Å². The predicted octanol–water partition coefficient (Wildman–Crippen LogP) is 2.42. The quantitative estimate of drug-likeness (QED) is 0.514. The highest BCUT2D eigenvalue weighted by atomic mass is 35.5. The van der Waals surface area contributed by atoms with Crippen molar-refractivity contribution in [1.82, 2.24) is 0 Å². The van der Waals surface area contributed by atoms with Gasteiger partial charge in [0.2, 0.25) is 0 Å². The van der Waals surface area contributed by atoms with E-state index in [0.717, 1.165) is 0 Å². The molecule has 0 aliphatic heterocycles. The van der Waals surface area contributed by atoms with Gasteiger partial charge in [0.15, 0.2) is 0 Å². The first-order valence-electron chi connectivity index (χ1n) is 1.53. The van der Waals surface area contributed by atoms with E-state index in [9.17, 15) is 4.91 Å². The monoisotopic (exact) mass is 139 g/mol. The van der Waals surface area contributed by atoms with Crippen molar-refractivity contribution >= 4 is 23.2 Å². The van der Waals surface area contributed by atoms with E-state index in [1.807, 2.05) is 0 Å². The maximum Gasteiger partial charge on any atom is 0.131 e. The molecule has 0 radical (unpaired) electrons. The second kappa shape index (κ2) is 2.99. The van der Waals surface area contributed by atoms with Crippen molar-refractivity contribution in [2.24, 2.45) is 5.18 Å². The highest BCUT2D eigenvalue weighted by molar-refractivity contribution is 6.56. The lowest BCUT2D eigenvalue weighted by Crippen LogP contribution is -1.62. The Hall–Kier alpha value is -0.0800. The van der Waals surface area contributed by atoms with Gasteiger partial charge in [-0.1, -0.05) is 23.2 Å². The molecule has 0 saturated heterocycles. The zero-order chi connectivity index (χ0) is 5.86. The van der Waals surface area contributed by atoms with Crippen LogP contribution in [0.3, 0.4) is 0 Å². The third kappa shape index (κ3) is 2.60. The van der Waals surface area contributed by atoms with Gasteiger partial charge >= 0.3 is 0 Å². The van der Waals surface area contributed by atoms with Gasteiger partial charge in [-0.15, -0.1) is 4.91 Å². The van der Waals surface area contributed by atoms with Crippen molar-refractivity contribution in [3.05, 3.63) is 15.1 Å². The van der Waals surface area contributed by atoms with Crippen LogP contribution in [0.2, 0.25) is 0 Å². The Kier molecular flexibility index (Phi) is 2.96. The third-order valence-electron chi connectivity index (χ3n) is 0.410. The lowest BCUT2D eigenvalue weighted by Gasteiger charge is -1.79. The third-order valence-corrected chi connectivity index (χ3v) is 0.957. The molecule has 0 heterocycles. The second-order valence-corrected chi connectivity index (χ2v) is 1.89. The van der Waals surface area contributed by atoms with E-state index in [1.165, 1.54) is 6.92 Å². The van der Waals surface area contributed by atoms with E-state index in [-0.39, 0.29) is 10.2 Å². The van der Waals surface area contributed by atoms with Crippen LogP contribution in [0.1, 0.15) is 6.92 Å². The summed E-state index contributed by atoms with van der Waals surface area (Å²) in [6.45, 7) is 1.43. The van der Waals surface area contributed by atoms with Crippen LogP contribution in [0.15, 0.2) is 15.4 Å². The molecule has 0 saturated carbocycles. The zero-order valence-electron chi connectivity index (χ0n) is 3.61. The second-order valence-electron chi connectivity index (χ2n) is 0.937. The first-order valence-corrected chi connectivity index (χ1v) is 2.29. The number of nitrogens with zero attached hydrogens (tertiary/aromatic N) is 1. The summed E-state index contributed by atoms with van der Waals surface area (Å²) in [4.78, 5) is 9.47. The fourth-order valence-electron chi connectivity index (χ4n) is 0.0345. The average Bonchev–Trinajstić information content (AvgIpc) is 1.65. The summed E-state index contributed by atoms with van der Waals surface area (Å²) in [6.07, 6.45) is 0. The average molecular weight is 140 g/mol. The van der Waals surface area contributed by atoms with Crippen molar-refractivity contribution in [1.29, 1.82) is 0 Å². The Morgan fingerprint density at radius 3 is 2.00 bits per heavy atom. The highest BCUT2D eigenvalue weighted by Crippen LogP contribution is 2.13. The molecule has 0 aromatic carbocycles. The Morgan fingerprint density at radius 1 is 1.57 bits per heavy atom. The summed E-state index contributed by atoms with van der Waals surface area (Å²) in [6, 6.07) is 0. The van der Waals surface area contributed by atoms with Crippen LogP contribution in [0.5, 0.6) is 0 Å². The molecule has 2 nitrogen and oxygen atoms in total. The molecule has 40 valence electrons. The summed E-state index contributed by atoms with van der Waals surface area (Å²) in [7, 11) is 0. The number of nitroso groups, excluding NO2 is 1. The van der Waals surface area contributed by atoms with Crippen LogP contribution in [-0.2, 0) is 0 Å². The van der Waals surface area contributed by atoms with E-state index in [4.69, 9.17) is 23.2 Å². The molecular weight excluding hydrogens is 137 g/mol. The number of allylic oxidation sites excluding steroid dienone is 1. The molecule has 0 fully saturated rings. The van der Waals surface area contributed by atoms with Crippen molar-refractivity contribution in [2.45, 2.75) is 6.92 Å². The molecular formula is C3H3Cl2NO. The molecule has 0 bridgehead atoms. The smallest absolute Gasteiger partial charge is 0.131 e. The van der Waals surface area contributed by atoms with E-state index in [1.54, 1.807) is 0 Å². The van der Waals surface area contributed by atoms with Gasteiger partial charge in [0, 0.05) is 0 Å². The van der Waals surface area contributed by atoms with E-state index in [0.29, 0.717) is 0 Å². The standard InChI is InChI=1S/C3H3Cl2NO/c1-2(6-7)3(4)5/h1H3. The minimum atomic E-state index is -0.0741. The van der Waals surface area contributed by atoms with Crippen LogP contribution in [0.4, 0.5) is 0 Å². The van der Waals surface area contributed by atoms with Crippen molar-refractivity contribution in [3.63, 3.8) is 0 Å². The van der Waals surface area contributed by atoms with E-state index < -0.39 is 0 Å². The van der Waals surface area contributed by atoms with Crippen molar-refractivity contribution < 1.29 is 0 Å². The van der Waals surface area contributed by atoms with Gasteiger partial charge in [0.1, 0.15) is 10.2 Å². The number of hydrogen-bond donors (Lipinski definition) is 0. The van der Waals surface area contributed by atoms with Crippen LogP contribution in [0.25, 0.3) is 0 Å². The van der Waals surface area contributed by atoms with Gasteiger partial charge in [-0.25, -0.2) is 0 Å². The number of halogens is 2. The Bertz CT molecular complexity index is 106. The van der Waals surface area contributed by atoms with Crippen LogP contribution in [-0.4, -0.2) is 0 Å². The summed E-state index contributed by atoms with van der Waals surface area (Å²) in [5.74, 6) is 0. The minimum absolute atomic E-state index is 0.0741. The summed E-state index contributed by atoms with van der Waals surface area (Å²) >= 11 is 10.2. The molecule has 7 heavy (non-hydrogen) atoms. The van der Waals surface area contributed by atoms with E-state index >= 15 is 0 Å². The molecule has 0 unspecified atom stereocenters. The Labute approximate surface area is 51.1 Å². The van der Waals surface area contributed by atoms with Gasteiger partial charge in [0.25, 0.3) is 0 Å². The number of rotatable bonds is 1. The molecule has 0 amide bonds. The van der Waals surface area contributed by atoms with Crippen LogP contribution in [0, 0.1) is 4.91 Å². The normalized spacial score (nSPS) is 7.86. The lowest BCUT2D eigenvalue weighted by atomic mass is 10.6. The van der Waals surface area contributed by atoms with Gasteiger partial charge in [-0.3, -0.25) is 0 Å². The highest BCUT2D eigenvalue weighted by Gasteiger charge is 1.90. The maximum atomic E-state index is 9.47. The topological polar surface area (TPSA) is 29.4 Å². The lowest BCUT2D eigenvalue weighted by molar-refractivity contribution is 1.29. The summed E-state index contributed by atoms with van der Waals surface area (Å²) in [5, 5.41) is 2.45. The predicted molar refractivity (Wildman–Crippen MR) is 30.2 cm³/mol. The van der Waals surface area contributed by atoms with Crippen LogP contribution >= 0.6 is 23.2 Å². The number of hydrogen-bond acceptors (Lipinski definition) is 2.